The highest BCUT2D eigenvalue weighted by Gasteiger charge is 2.28. The fourth-order valence-corrected chi connectivity index (χ4v) is 4.67. The Morgan fingerprint density at radius 1 is 1.00 bits per heavy atom. The number of ether oxygens (including phenoxy) is 3. The van der Waals surface area contributed by atoms with Crippen LogP contribution in [0.4, 0.5) is 5.69 Å². The first-order chi connectivity index (χ1) is 17.0. The Morgan fingerprint density at radius 2 is 1.74 bits per heavy atom. The second-order valence-electron chi connectivity index (χ2n) is 9.61. The van der Waals surface area contributed by atoms with Crippen LogP contribution in [0.3, 0.4) is 0 Å². The van der Waals surface area contributed by atoms with E-state index in [1.807, 2.05) is 28.9 Å². The number of rotatable bonds is 9. The van der Waals surface area contributed by atoms with E-state index in [2.05, 4.69) is 35.0 Å². The van der Waals surface area contributed by atoms with Gasteiger partial charge in [0.25, 0.3) is 0 Å². The standard InChI is InChI=1S/C26H32N6O3/c1-16(2)6-24-28-29-26-25-22(10-19(12-27-25)31-13-18(14-31)15-33-3)23(30-32(24)26)9-17-7-20(34-4)11-21(8-17)35-5/h7-8,10-12,16,18H,6,9,13-15H2,1-5H3. The molecule has 0 radical (unpaired) electrons. The van der Waals surface area contributed by atoms with Gasteiger partial charge >= 0.3 is 0 Å². The Bertz CT molecular complexity index is 1320. The lowest BCUT2D eigenvalue weighted by molar-refractivity contribution is 0.137. The summed E-state index contributed by atoms with van der Waals surface area (Å²) < 4.78 is 18.2. The first kappa shape index (κ1) is 23.3. The summed E-state index contributed by atoms with van der Waals surface area (Å²) >= 11 is 0. The number of aromatic nitrogens is 5. The molecule has 1 aliphatic heterocycles. The normalized spacial score (nSPS) is 14.2. The van der Waals surface area contributed by atoms with Crippen LogP contribution in [0, 0.1) is 11.8 Å². The monoisotopic (exact) mass is 476 g/mol. The lowest BCUT2D eigenvalue weighted by Crippen LogP contribution is -2.48. The van der Waals surface area contributed by atoms with Gasteiger partial charge in [-0.2, -0.15) is 9.61 Å². The van der Waals surface area contributed by atoms with Crippen molar-refractivity contribution >= 4 is 22.2 Å². The van der Waals surface area contributed by atoms with E-state index in [-0.39, 0.29) is 0 Å². The Hall–Kier alpha value is -3.46. The van der Waals surface area contributed by atoms with Gasteiger partial charge in [0.15, 0.2) is 5.82 Å². The van der Waals surface area contributed by atoms with Gasteiger partial charge < -0.3 is 19.1 Å². The molecule has 0 atom stereocenters. The molecule has 35 heavy (non-hydrogen) atoms. The molecule has 9 heteroatoms. The van der Waals surface area contributed by atoms with Crippen LogP contribution in [0.25, 0.3) is 16.6 Å². The molecule has 1 aromatic carbocycles. The number of methoxy groups -OCH3 is 3. The molecule has 1 saturated heterocycles. The van der Waals surface area contributed by atoms with Gasteiger partial charge in [0.05, 0.1) is 38.4 Å². The molecule has 1 aliphatic rings. The van der Waals surface area contributed by atoms with Gasteiger partial charge in [0, 0.05) is 50.4 Å². The topological polar surface area (TPSA) is 86.9 Å². The number of hydrogen-bond donors (Lipinski definition) is 0. The third-order valence-electron chi connectivity index (χ3n) is 6.42. The minimum Gasteiger partial charge on any atom is -0.497 e. The van der Waals surface area contributed by atoms with Crippen LogP contribution in [0.15, 0.2) is 30.5 Å². The maximum absolute atomic E-state index is 5.49. The predicted molar refractivity (Wildman–Crippen MR) is 135 cm³/mol. The molecular weight excluding hydrogens is 444 g/mol. The van der Waals surface area contributed by atoms with Crippen molar-refractivity contribution in [1.82, 2.24) is 24.8 Å². The maximum Gasteiger partial charge on any atom is 0.204 e. The van der Waals surface area contributed by atoms with Gasteiger partial charge in [0.2, 0.25) is 5.65 Å². The van der Waals surface area contributed by atoms with Crippen molar-refractivity contribution < 1.29 is 14.2 Å². The molecule has 0 saturated carbocycles. The molecule has 0 aliphatic carbocycles. The molecule has 0 N–H and O–H groups in total. The quantitative estimate of drug-likeness (QED) is 0.362. The van der Waals surface area contributed by atoms with E-state index in [4.69, 9.17) is 24.3 Å². The van der Waals surface area contributed by atoms with Crippen LogP contribution in [0.1, 0.15) is 30.9 Å². The van der Waals surface area contributed by atoms with E-state index in [1.54, 1.807) is 21.3 Å². The zero-order valence-electron chi connectivity index (χ0n) is 21.0. The summed E-state index contributed by atoms with van der Waals surface area (Å²) in [5.41, 5.74) is 4.54. The Morgan fingerprint density at radius 3 is 2.40 bits per heavy atom. The van der Waals surface area contributed by atoms with Crippen molar-refractivity contribution in [2.24, 2.45) is 11.8 Å². The van der Waals surface area contributed by atoms with Crippen LogP contribution >= 0.6 is 0 Å². The molecule has 0 amide bonds. The highest BCUT2D eigenvalue weighted by Crippen LogP contribution is 2.31. The van der Waals surface area contributed by atoms with Gasteiger partial charge in [-0.05, 0) is 29.7 Å². The molecule has 9 nitrogen and oxygen atoms in total. The maximum atomic E-state index is 5.49. The largest absolute Gasteiger partial charge is 0.497 e. The summed E-state index contributed by atoms with van der Waals surface area (Å²) in [6, 6.07) is 8.09. The predicted octanol–water partition coefficient (Wildman–Crippen LogP) is 3.56. The van der Waals surface area contributed by atoms with Gasteiger partial charge in [-0.15, -0.1) is 10.2 Å². The Kier molecular flexibility index (Phi) is 6.42. The van der Waals surface area contributed by atoms with Crippen molar-refractivity contribution in [2.75, 3.05) is 45.9 Å². The minimum absolute atomic E-state index is 0.438. The van der Waals surface area contributed by atoms with Crippen molar-refractivity contribution in [3.63, 3.8) is 0 Å². The average molecular weight is 477 g/mol. The third kappa shape index (κ3) is 4.60. The number of anilines is 1. The minimum atomic E-state index is 0.438. The van der Waals surface area contributed by atoms with Crippen LogP contribution < -0.4 is 14.4 Å². The van der Waals surface area contributed by atoms with Gasteiger partial charge in [0.1, 0.15) is 17.0 Å². The third-order valence-corrected chi connectivity index (χ3v) is 6.42. The van der Waals surface area contributed by atoms with Crippen molar-refractivity contribution in [3.05, 3.63) is 47.5 Å². The zero-order valence-corrected chi connectivity index (χ0v) is 21.0. The molecule has 0 bridgehead atoms. The van der Waals surface area contributed by atoms with Crippen molar-refractivity contribution in [3.8, 4) is 11.5 Å². The second kappa shape index (κ2) is 9.65. The summed E-state index contributed by atoms with van der Waals surface area (Å²) in [4.78, 5) is 7.19. The SMILES string of the molecule is COCC1CN(c2cnc3c(c2)c(Cc2cc(OC)cc(OC)c2)nn2c(CC(C)C)nnc32)C1. The van der Waals surface area contributed by atoms with Gasteiger partial charge in [-0.3, -0.25) is 0 Å². The molecule has 1 fully saturated rings. The van der Waals surface area contributed by atoms with Crippen LogP contribution in [-0.2, 0) is 17.6 Å². The first-order valence-corrected chi connectivity index (χ1v) is 12.0. The molecule has 184 valence electrons. The summed E-state index contributed by atoms with van der Waals surface area (Å²) in [5, 5.41) is 14.9. The van der Waals surface area contributed by atoms with E-state index in [0.29, 0.717) is 23.9 Å². The lowest BCUT2D eigenvalue weighted by atomic mass is 10.00. The van der Waals surface area contributed by atoms with Gasteiger partial charge in [-0.25, -0.2) is 4.98 Å². The number of benzene rings is 1. The lowest BCUT2D eigenvalue weighted by Gasteiger charge is -2.40. The smallest absolute Gasteiger partial charge is 0.204 e. The van der Waals surface area contributed by atoms with E-state index >= 15 is 0 Å². The van der Waals surface area contributed by atoms with Gasteiger partial charge in [-0.1, -0.05) is 13.8 Å². The number of hydrogen-bond acceptors (Lipinski definition) is 8. The molecule has 4 heterocycles. The van der Waals surface area contributed by atoms with E-state index in [1.165, 1.54) is 0 Å². The molecule has 3 aromatic heterocycles. The molecule has 0 spiro atoms. The van der Waals surface area contributed by atoms with E-state index in [0.717, 1.165) is 71.3 Å². The van der Waals surface area contributed by atoms with Crippen molar-refractivity contribution in [1.29, 1.82) is 0 Å². The Balaban J connectivity index is 1.61. The van der Waals surface area contributed by atoms with Crippen LogP contribution in [-0.4, -0.2) is 65.8 Å². The molecular formula is C26H32N6O3. The molecule has 5 rings (SSSR count). The number of fused-ring (bicyclic) bond motifs is 3. The molecule has 0 unspecified atom stereocenters. The first-order valence-electron chi connectivity index (χ1n) is 12.0. The Labute approximate surface area is 205 Å². The number of nitrogens with zero attached hydrogens (tertiary/aromatic N) is 6. The summed E-state index contributed by atoms with van der Waals surface area (Å²) in [5.74, 6) is 3.33. The highest BCUT2D eigenvalue weighted by atomic mass is 16.5. The average Bonchev–Trinajstić information content (AvgIpc) is 3.22. The second-order valence-corrected chi connectivity index (χ2v) is 9.61. The molecule has 4 aromatic rings. The van der Waals surface area contributed by atoms with Crippen LogP contribution in [0.2, 0.25) is 0 Å². The summed E-state index contributed by atoms with van der Waals surface area (Å²) in [7, 11) is 5.07. The van der Waals surface area contributed by atoms with E-state index < -0.39 is 0 Å². The van der Waals surface area contributed by atoms with Crippen LogP contribution in [0.5, 0.6) is 11.5 Å². The van der Waals surface area contributed by atoms with Crippen molar-refractivity contribution in [2.45, 2.75) is 26.7 Å². The highest BCUT2D eigenvalue weighted by molar-refractivity contribution is 5.93. The number of pyridine rings is 1. The zero-order chi connectivity index (χ0) is 24.5. The fourth-order valence-electron chi connectivity index (χ4n) is 4.67. The summed E-state index contributed by atoms with van der Waals surface area (Å²) in [6.45, 7) is 7.03. The fraction of sp³-hybridized carbons (Fsp3) is 0.462. The van der Waals surface area contributed by atoms with E-state index in [9.17, 15) is 0 Å². The summed E-state index contributed by atoms with van der Waals surface area (Å²) in [6.07, 6.45) is 3.32.